The molecule has 0 bridgehead atoms. The molecule has 0 aliphatic carbocycles. The summed E-state index contributed by atoms with van der Waals surface area (Å²) in [5.74, 6) is -0.136. The zero-order valence-electron chi connectivity index (χ0n) is 29.6. The lowest BCUT2D eigenvalue weighted by atomic mass is 10.1. The number of rotatable bonds is 42. The highest BCUT2D eigenvalue weighted by Gasteiger charge is 2.03. The molecule has 13 heteroatoms. The molecule has 13 nitrogen and oxygen atoms in total. The van der Waals surface area contributed by atoms with Gasteiger partial charge in [-0.3, -0.25) is 4.79 Å². The molecular formula is C34H69NO12. The van der Waals surface area contributed by atoms with E-state index in [9.17, 15) is 4.79 Å². The molecule has 0 aliphatic heterocycles. The van der Waals surface area contributed by atoms with Crippen LogP contribution in [0.2, 0.25) is 0 Å². The van der Waals surface area contributed by atoms with E-state index in [0.29, 0.717) is 145 Å². The van der Waals surface area contributed by atoms with Crippen LogP contribution in [0.4, 0.5) is 0 Å². The van der Waals surface area contributed by atoms with Crippen LogP contribution in [0.1, 0.15) is 71.1 Å². The zero-order valence-corrected chi connectivity index (χ0v) is 29.6. The molecule has 0 aliphatic rings. The first-order valence-corrected chi connectivity index (χ1v) is 17.9. The van der Waals surface area contributed by atoms with Crippen molar-refractivity contribution in [1.82, 2.24) is 0 Å². The third-order valence-electron chi connectivity index (χ3n) is 6.59. The van der Waals surface area contributed by atoms with Crippen molar-refractivity contribution in [2.45, 2.75) is 71.1 Å². The van der Waals surface area contributed by atoms with Crippen LogP contribution in [-0.4, -0.2) is 151 Å². The molecule has 0 radical (unpaired) electrons. The van der Waals surface area contributed by atoms with Crippen LogP contribution < -0.4 is 5.73 Å². The van der Waals surface area contributed by atoms with Gasteiger partial charge in [0, 0.05) is 13.0 Å². The molecule has 0 aromatic carbocycles. The fourth-order valence-electron chi connectivity index (χ4n) is 4.03. The van der Waals surface area contributed by atoms with E-state index in [1.807, 2.05) is 0 Å². The van der Waals surface area contributed by atoms with Crippen molar-refractivity contribution in [3.05, 3.63) is 0 Å². The summed E-state index contributed by atoms with van der Waals surface area (Å²) in [4.78, 5) is 11.8. The van der Waals surface area contributed by atoms with Gasteiger partial charge >= 0.3 is 5.97 Å². The molecule has 0 rings (SSSR count). The molecule has 2 N–H and O–H groups in total. The largest absolute Gasteiger partial charge is 0.463 e. The van der Waals surface area contributed by atoms with E-state index in [4.69, 9.17) is 57.8 Å². The lowest BCUT2D eigenvalue weighted by Gasteiger charge is -2.09. The molecular weight excluding hydrogens is 614 g/mol. The highest BCUT2D eigenvalue weighted by molar-refractivity contribution is 5.69. The average Bonchev–Trinajstić information content (AvgIpc) is 3.08. The summed E-state index contributed by atoms with van der Waals surface area (Å²) in [6.45, 7) is 13.1. The summed E-state index contributed by atoms with van der Waals surface area (Å²) in [5, 5.41) is 0. The van der Waals surface area contributed by atoms with Crippen molar-refractivity contribution < 1.29 is 56.9 Å². The van der Waals surface area contributed by atoms with Gasteiger partial charge in [0.1, 0.15) is 6.61 Å². The summed E-state index contributed by atoms with van der Waals surface area (Å²) in [6.07, 6.45) is 11.6. The Morgan fingerprint density at radius 2 is 0.617 bits per heavy atom. The highest BCUT2D eigenvalue weighted by atomic mass is 16.6. The molecule has 0 saturated heterocycles. The van der Waals surface area contributed by atoms with E-state index in [2.05, 4.69) is 6.92 Å². The predicted octanol–water partition coefficient (Wildman–Crippen LogP) is 3.58. The summed E-state index contributed by atoms with van der Waals surface area (Å²) in [7, 11) is 0. The number of hydrogen-bond donors (Lipinski definition) is 1. The first kappa shape index (κ1) is 46.0. The lowest BCUT2D eigenvalue weighted by Crippen LogP contribution is -2.16. The van der Waals surface area contributed by atoms with E-state index in [-0.39, 0.29) is 12.6 Å². The fourth-order valence-corrected chi connectivity index (χ4v) is 4.03. The molecule has 0 spiro atoms. The van der Waals surface area contributed by atoms with Gasteiger partial charge in [-0.05, 0) is 6.42 Å². The van der Waals surface area contributed by atoms with E-state index in [0.717, 1.165) is 12.8 Å². The fraction of sp³-hybridized carbons (Fsp3) is 0.971. The minimum atomic E-state index is -0.136. The minimum absolute atomic E-state index is 0.136. The van der Waals surface area contributed by atoms with Gasteiger partial charge in [-0.1, -0.05) is 58.3 Å². The average molecular weight is 684 g/mol. The van der Waals surface area contributed by atoms with Gasteiger partial charge < -0.3 is 57.8 Å². The Kier molecular flexibility index (Phi) is 42.2. The standard InChI is InChI=1S/C34H69NO12/c1-2-3-4-5-6-7-8-9-10-11-34(36)47-33-32-46-31-30-45-29-28-44-27-26-43-25-24-42-23-22-41-21-20-40-19-18-39-17-16-38-15-14-37-13-12-35/h2-33,35H2,1H3. The van der Waals surface area contributed by atoms with Crippen LogP contribution in [0.3, 0.4) is 0 Å². The van der Waals surface area contributed by atoms with Crippen LogP contribution in [-0.2, 0) is 56.9 Å². The Morgan fingerprint density at radius 3 is 0.915 bits per heavy atom. The predicted molar refractivity (Wildman–Crippen MR) is 180 cm³/mol. The van der Waals surface area contributed by atoms with Crippen molar-refractivity contribution >= 4 is 5.97 Å². The third-order valence-corrected chi connectivity index (χ3v) is 6.59. The van der Waals surface area contributed by atoms with E-state index >= 15 is 0 Å². The normalized spacial score (nSPS) is 11.4. The quantitative estimate of drug-likeness (QED) is 0.0740. The number of nitrogens with two attached hydrogens (primary N) is 1. The van der Waals surface area contributed by atoms with Crippen molar-refractivity contribution in [1.29, 1.82) is 0 Å². The third kappa shape index (κ3) is 43.0. The van der Waals surface area contributed by atoms with Gasteiger partial charge in [-0.2, -0.15) is 0 Å². The highest BCUT2D eigenvalue weighted by Crippen LogP contribution is 2.10. The summed E-state index contributed by atoms with van der Waals surface area (Å²) >= 11 is 0. The van der Waals surface area contributed by atoms with Crippen LogP contribution in [0.25, 0.3) is 0 Å². The second kappa shape index (κ2) is 43.1. The maximum Gasteiger partial charge on any atom is 0.305 e. The first-order chi connectivity index (χ1) is 23.3. The Bertz CT molecular complexity index is 591. The van der Waals surface area contributed by atoms with Crippen LogP contribution >= 0.6 is 0 Å². The maximum absolute atomic E-state index is 11.8. The Balaban J connectivity index is 3.10. The van der Waals surface area contributed by atoms with Crippen molar-refractivity contribution in [2.24, 2.45) is 5.73 Å². The smallest absolute Gasteiger partial charge is 0.305 e. The number of unbranched alkanes of at least 4 members (excludes halogenated alkanes) is 8. The molecule has 47 heavy (non-hydrogen) atoms. The molecule has 0 fully saturated rings. The molecule has 0 unspecified atom stereocenters. The van der Waals surface area contributed by atoms with Crippen LogP contribution in [0.15, 0.2) is 0 Å². The lowest BCUT2D eigenvalue weighted by molar-refractivity contribution is -0.145. The van der Waals surface area contributed by atoms with Crippen LogP contribution in [0, 0.1) is 0 Å². The van der Waals surface area contributed by atoms with Crippen molar-refractivity contribution in [2.75, 3.05) is 145 Å². The topological polar surface area (TPSA) is 145 Å². The SMILES string of the molecule is CCCCCCCCCCCC(=O)OCCOCCOCCOCCOCCOCCOCCOCCOCCOCCOCCN. The van der Waals surface area contributed by atoms with Gasteiger partial charge in [0.25, 0.3) is 0 Å². The van der Waals surface area contributed by atoms with Gasteiger partial charge in [0.2, 0.25) is 0 Å². The number of carbonyl (C=O) groups excluding carboxylic acids is 1. The zero-order chi connectivity index (χ0) is 34.0. The van der Waals surface area contributed by atoms with Crippen molar-refractivity contribution in [3.8, 4) is 0 Å². The second-order valence-corrected chi connectivity index (χ2v) is 10.7. The van der Waals surface area contributed by atoms with Gasteiger partial charge in [-0.15, -0.1) is 0 Å². The number of carbonyl (C=O) groups is 1. The number of hydrogen-bond acceptors (Lipinski definition) is 13. The van der Waals surface area contributed by atoms with Gasteiger partial charge in [-0.25, -0.2) is 0 Å². The maximum atomic E-state index is 11.8. The molecule has 0 heterocycles. The Labute approximate surface area is 285 Å². The van der Waals surface area contributed by atoms with E-state index < -0.39 is 0 Å². The van der Waals surface area contributed by atoms with Gasteiger partial charge in [0.05, 0.1) is 132 Å². The summed E-state index contributed by atoms with van der Waals surface area (Å²) in [5.41, 5.74) is 5.33. The van der Waals surface area contributed by atoms with Crippen molar-refractivity contribution in [3.63, 3.8) is 0 Å². The Hall–Kier alpha value is -0.970. The molecule has 0 saturated carbocycles. The van der Waals surface area contributed by atoms with Crippen LogP contribution in [0.5, 0.6) is 0 Å². The summed E-state index contributed by atoms with van der Waals surface area (Å²) in [6, 6.07) is 0. The first-order valence-electron chi connectivity index (χ1n) is 17.9. The monoisotopic (exact) mass is 683 g/mol. The van der Waals surface area contributed by atoms with E-state index in [1.54, 1.807) is 0 Å². The number of esters is 1. The molecule has 282 valence electrons. The molecule has 0 aromatic heterocycles. The molecule has 0 atom stereocenters. The molecule has 0 amide bonds. The minimum Gasteiger partial charge on any atom is -0.463 e. The Morgan fingerprint density at radius 1 is 0.362 bits per heavy atom. The summed E-state index contributed by atoms with van der Waals surface area (Å²) < 4.78 is 59.5. The number of ether oxygens (including phenoxy) is 11. The second-order valence-electron chi connectivity index (χ2n) is 10.7. The molecule has 0 aromatic rings. The van der Waals surface area contributed by atoms with Gasteiger partial charge in [0.15, 0.2) is 0 Å². The van der Waals surface area contributed by atoms with E-state index in [1.165, 1.54) is 44.9 Å².